The van der Waals surface area contributed by atoms with Gasteiger partial charge >= 0.3 is 0 Å². The van der Waals surface area contributed by atoms with Crippen LogP contribution in [0.5, 0.6) is 5.75 Å². The molecule has 29 heavy (non-hydrogen) atoms. The Morgan fingerprint density at radius 1 is 1.10 bits per heavy atom. The Morgan fingerprint density at radius 2 is 1.86 bits per heavy atom. The average Bonchev–Trinajstić information content (AvgIpc) is 3.16. The molecule has 0 bridgehead atoms. The third-order valence-electron chi connectivity index (χ3n) is 5.12. The summed E-state index contributed by atoms with van der Waals surface area (Å²) in [6, 6.07) is 16.7. The zero-order valence-corrected chi connectivity index (χ0v) is 18.2. The predicted octanol–water partition coefficient (Wildman–Crippen LogP) is 2.31. The van der Waals surface area contributed by atoms with Gasteiger partial charge in [-0.15, -0.1) is 0 Å². The maximum Gasteiger partial charge on any atom is 0.166 e. The van der Waals surface area contributed by atoms with Gasteiger partial charge in [0.1, 0.15) is 5.75 Å². The summed E-state index contributed by atoms with van der Waals surface area (Å²) >= 11 is 5.51. The second-order valence-corrected chi connectivity index (χ2v) is 7.97. The van der Waals surface area contributed by atoms with E-state index in [2.05, 4.69) is 72.3 Å². The summed E-state index contributed by atoms with van der Waals surface area (Å²) in [5.41, 5.74) is 3.63. The summed E-state index contributed by atoms with van der Waals surface area (Å²) in [5.74, 6) is 1.03. The molecule has 0 aliphatic rings. The highest BCUT2D eigenvalue weighted by molar-refractivity contribution is 7.80. The van der Waals surface area contributed by atoms with Gasteiger partial charge in [-0.1, -0.05) is 30.3 Å². The van der Waals surface area contributed by atoms with Crippen LogP contribution in [0.3, 0.4) is 0 Å². The number of para-hydroxylation sites is 1. The maximum atomic E-state index is 5.51. The standard InChI is InChI=1S/C23H30N4OS/c1-27(2)14-6-13-24-23(29)26-15-20(17-9-11-18(28-3)12-10-17)21-16-25-22-8-5-4-7-19(21)22/h4-5,7-12,16,20,25H,6,13-15H2,1-3H3,(H2,24,26,29)/p+1/t20-/m1/s1. The van der Waals surface area contributed by atoms with Gasteiger partial charge in [0.2, 0.25) is 0 Å². The van der Waals surface area contributed by atoms with Gasteiger partial charge in [-0.2, -0.15) is 0 Å². The molecule has 5 nitrogen and oxygen atoms in total. The van der Waals surface area contributed by atoms with Gasteiger partial charge in [-0.3, -0.25) is 0 Å². The molecule has 0 saturated heterocycles. The molecule has 2 aromatic carbocycles. The Hall–Kier alpha value is -2.57. The smallest absolute Gasteiger partial charge is 0.166 e. The average molecular weight is 412 g/mol. The van der Waals surface area contributed by atoms with Crippen LogP contribution in [-0.4, -0.2) is 50.9 Å². The van der Waals surface area contributed by atoms with Crippen LogP contribution in [0.4, 0.5) is 0 Å². The van der Waals surface area contributed by atoms with Crippen LogP contribution >= 0.6 is 12.2 Å². The van der Waals surface area contributed by atoms with Crippen LogP contribution in [0, 0.1) is 0 Å². The molecule has 0 fully saturated rings. The maximum absolute atomic E-state index is 5.51. The highest BCUT2D eigenvalue weighted by atomic mass is 32.1. The van der Waals surface area contributed by atoms with Crippen molar-refractivity contribution >= 4 is 28.2 Å². The van der Waals surface area contributed by atoms with Crippen molar-refractivity contribution in [2.75, 3.05) is 40.8 Å². The number of quaternary nitrogens is 1. The minimum absolute atomic E-state index is 0.169. The molecule has 0 aliphatic heterocycles. The lowest BCUT2D eigenvalue weighted by Crippen LogP contribution is -3.05. The van der Waals surface area contributed by atoms with E-state index in [1.807, 2.05) is 12.1 Å². The van der Waals surface area contributed by atoms with Crippen LogP contribution in [0.25, 0.3) is 10.9 Å². The lowest BCUT2D eigenvalue weighted by molar-refractivity contribution is -0.858. The number of aromatic nitrogens is 1. The van der Waals surface area contributed by atoms with Crippen LogP contribution in [-0.2, 0) is 0 Å². The first-order valence-electron chi connectivity index (χ1n) is 10.1. The monoisotopic (exact) mass is 411 g/mol. The Balaban J connectivity index is 1.74. The van der Waals surface area contributed by atoms with Crippen molar-refractivity contribution in [3.05, 3.63) is 65.9 Å². The number of nitrogens with one attached hydrogen (secondary N) is 4. The second-order valence-electron chi connectivity index (χ2n) is 7.56. The molecule has 0 unspecified atom stereocenters. The van der Waals surface area contributed by atoms with Crippen molar-refractivity contribution < 1.29 is 9.64 Å². The summed E-state index contributed by atoms with van der Waals surface area (Å²) in [5, 5.41) is 8.69. The molecule has 0 amide bonds. The van der Waals surface area contributed by atoms with E-state index >= 15 is 0 Å². The van der Waals surface area contributed by atoms with Crippen molar-refractivity contribution in [2.24, 2.45) is 0 Å². The fraction of sp³-hybridized carbons (Fsp3) is 0.348. The zero-order chi connectivity index (χ0) is 20.6. The lowest BCUT2D eigenvalue weighted by Gasteiger charge is -2.20. The molecule has 0 aliphatic carbocycles. The summed E-state index contributed by atoms with van der Waals surface area (Å²) in [6.07, 6.45) is 3.20. The number of fused-ring (bicyclic) bond motifs is 1. The molecular formula is C23H31N4OS+. The topological polar surface area (TPSA) is 53.5 Å². The molecule has 6 heteroatoms. The van der Waals surface area contributed by atoms with E-state index in [1.54, 1.807) is 7.11 Å². The SMILES string of the molecule is COc1ccc([C@@H](CNC(=S)NCCC[NH+](C)C)c2c[nH]c3ccccc23)cc1. The van der Waals surface area contributed by atoms with Crippen molar-refractivity contribution in [3.8, 4) is 5.75 Å². The number of aromatic amines is 1. The number of H-pyrrole nitrogens is 1. The summed E-state index contributed by atoms with van der Waals surface area (Å²) in [4.78, 5) is 4.85. The summed E-state index contributed by atoms with van der Waals surface area (Å²) in [7, 11) is 6.02. The molecule has 3 rings (SSSR count). The third kappa shape index (κ3) is 5.71. The zero-order valence-electron chi connectivity index (χ0n) is 17.4. The van der Waals surface area contributed by atoms with Crippen molar-refractivity contribution in [3.63, 3.8) is 0 Å². The van der Waals surface area contributed by atoms with Crippen LogP contribution < -0.4 is 20.3 Å². The van der Waals surface area contributed by atoms with E-state index in [-0.39, 0.29) is 5.92 Å². The van der Waals surface area contributed by atoms with E-state index in [4.69, 9.17) is 17.0 Å². The first kappa shape index (κ1) is 21.1. The Kier molecular flexibility index (Phi) is 7.49. The first-order valence-corrected chi connectivity index (χ1v) is 10.5. The van der Waals surface area contributed by atoms with E-state index in [1.165, 1.54) is 21.4 Å². The fourth-order valence-electron chi connectivity index (χ4n) is 3.53. The van der Waals surface area contributed by atoms with Crippen LogP contribution in [0.1, 0.15) is 23.5 Å². The number of hydrogen-bond acceptors (Lipinski definition) is 2. The Bertz CT molecular complexity index is 920. The molecule has 1 aromatic heterocycles. The van der Waals surface area contributed by atoms with Gasteiger partial charge in [0.05, 0.1) is 27.7 Å². The highest BCUT2D eigenvalue weighted by Crippen LogP contribution is 2.31. The van der Waals surface area contributed by atoms with Gasteiger partial charge in [-0.05, 0) is 41.5 Å². The third-order valence-corrected chi connectivity index (χ3v) is 5.41. The van der Waals surface area contributed by atoms with Gasteiger partial charge in [-0.25, -0.2) is 0 Å². The highest BCUT2D eigenvalue weighted by Gasteiger charge is 2.18. The fourth-order valence-corrected chi connectivity index (χ4v) is 3.71. The first-order chi connectivity index (χ1) is 14.1. The molecule has 4 N–H and O–H groups in total. The van der Waals surface area contributed by atoms with E-state index in [0.717, 1.165) is 37.3 Å². The van der Waals surface area contributed by atoms with E-state index in [9.17, 15) is 0 Å². The minimum atomic E-state index is 0.169. The molecule has 154 valence electrons. The molecule has 0 saturated carbocycles. The Labute approximate surface area is 178 Å². The van der Waals surface area contributed by atoms with E-state index in [0.29, 0.717) is 5.11 Å². The summed E-state index contributed by atoms with van der Waals surface area (Å²) < 4.78 is 5.33. The molecule has 3 aromatic rings. The number of hydrogen-bond donors (Lipinski definition) is 4. The quantitative estimate of drug-likeness (QED) is 0.322. The summed E-state index contributed by atoms with van der Waals surface area (Å²) in [6.45, 7) is 2.73. The molecule has 0 spiro atoms. The number of thiocarbonyl (C=S) groups is 1. The predicted molar refractivity (Wildman–Crippen MR) is 124 cm³/mol. The second kappa shape index (κ2) is 10.3. The van der Waals surface area contributed by atoms with Gasteiger partial charge in [0.25, 0.3) is 0 Å². The lowest BCUT2D eigenvalue weighted by atomic mass is 9.91. The van der Waals surface area contributed by atoms with Crippen LogP contribution in [0.15, 0.2) is 54.7 Å². The minimum Gasteiger partial charge on any atom is -0.497 e. The largest absolute Gasteiger partial charge is 0.497 e. The number of benzene rings is 2. The normalized spacial score (nSPS) is 12.1. The van der Waals surface area contributed by atoms with Gasteiger partial charge < -0.3 is 25.3 Å². The molecule has 1 atom stereocenters. The van der Waals surface area contributed by atoms with Crippen molar-refractivity contribution in [1.29, 1.82) is 0 Å². The molecule has 1 heterocycles. The van der Waals surface area contributed by atoms with Crippen molar-refractivity contribution in [2.45, 2.75) is 12.3 Å². The van der Waals surface area contributed by atoms with Crippen LogP contribution in [0.2, 0.25) is 0 Å². The molecule has 0 radical (unpaired) electrons. The number of ether oxygens (including phenoxy) is 1. The van der Waals surface area contributed by atoms with E-state index < -0.39 is 0 Å². The number of rotatable bonds is 9. The molecular weight excluding hydrogens is 380 g/mol. The van der Waals surface area contributed by atoms with Gasteiger partial charge in [0.15, 0.2) is 5.11 Å². The van der Waals surface area contributed by atoms with Crippen molar-refractivity contribution in [1.82, 2.24) is 15.6 Å². The van der Waals surface area contributed by atoms with Gasteiger partial charge in [0, 0.05) is 42.5 Å². The Morgan fingerprint density at radius 3 is 2.59 bits per heavy atom. The number of methoxy groups -OCH3 is 1.